The van der Waals surface area contributed by atoms with Gasteiger partial charge in [-0.25, -0.2) is 0 Å². The van der Waals surface area contributed by atoms with E-state index in [-0.39, 0.29) is 34.4 Å². The van der Waals surface area contributed by atoms with Crippen LogP contribution in [0.25, 0.3) is 0 Å². The molecule has 1 aromatic carbocycles. The average molecular weight is 539 g/mol. The first-order chi connectivity index (χ1) is 15.9. The Morgan fingerprint density at radius 1 is 1.27 bits per heavy atom. The summed E-state index contributed by atoms with van der Waals surface area (Å²) in [6.45, 7) is 4.53. The number of carbonyl (C=O) groups is 3. The first-order valence-electron chi connectivity index (χ1n) is 11.7. The minimum atomic E-state index is -0.698. The summed E-state index contributed by atoms with van der Waals surface area (Å²) in [4.78, 5) is 42.1. The van der Waals surface area contributed by atoms with E-state index in [0.717, 1.165) is 18.4 Å². The van der Waals surface area contributed by atoms with Crippen LogP contribution >= 0.6 is 27.7 Å². The lowest BCUT2D eigenvalue weighted by Crippen LogP contribution is -2.56. The molecular weight excluding hydrogens is 506 g/mol. The fraction of sp³-hybridized carbons (Fsp3) is 0.625. The molecule has 0 aliphatic carbocycles. The second-order valence-corrected chi connectivity index (χ2v) is 12.0. The minimum Gasteiger partial charge on any atom is -0.394 e. The van der Waals surface area contributed by atoms with Crippen LogP contribution in [0.3, 0.4) is 0 Å². The molecule has 9 heteroatoms. The van der Waals surface area contributed by atoms with E-state index in [9.17, 15) is 19.5 Å². The second-order valence-electron chi connectivity index (χ2n) is 9.29. The molecular formula is C24H32BrN3O4S. The van der Waals surface area contributed by atoms with Crippen LogP contribution in [0.2, 0.25) is 0 Å². The molecule has 1 spiro atoms. The number of aliphatic hydroxyl groups is 1. The summed E-state index contributed by atoms with van der Waals surface area (Å²) in [5, 5.41) is 15.8. The quantitative estimate of drug-likeness (QED) is 0.331. The second kappa shape index (κ2) is 9.96. The maximum Gasteiger partial charge on any atom is 0.244 e. The number of aliphatic hydroxyl groups excluding tert-OH is 1. The van der Waals surface area contributed by atoms with Gasteiger partial charge in [-0.1, -0.05) is 59.6 Å². The van der Waals surface area contributed by atoms with Crippen LogP contribution in [-0.4, -0.2) is 67.8 Å². The van der Waals surface area contributed by atoms with Crippen LogP contribution in [0.5, 0.6) is 0 Å². The van der Waals surface area contributed by atoms with Crippen molar-refractivity contribution in [3.8, 4) is 0 Å². The van der Waals surface area contributed by atoms with Gasteiger partial charge in [-0.3, -0.25) is 14.4 Å². The fourth-order valence-corrected chi connectivity index (χ4v) is 9.22. The zero-order valence-electron chi connectivity index (χ0n) is 19.0. The third-order valence-corrected chi connectivity index (χ3v) is 10.4. The first kappa shape index (κ1) is 24.5. The van der Waals surface area contributed by atoms with E-state index in [1.807, 2.05) is 30.3 Å². The zero-order valence-corrected chi connectivity index (χ0v) is 21.4. The maximum atomic E-state index is 13.7. The van der Waals surface area contributed by atoms with Crippen molar-refractivity contribution in [2.75, 3.05) is 13.2 Å². The Balaban J connectivity index is 1.62. The topological polar surface area (TPSA) is 98.7 Å². The number of hydrogen-bond donors (Lipinski definition) is 3. The van der Waals surface area contributed by atoms with Crippen LogP contribution in [-0.2, 0) is 20.9 Å². The highest BCUT2D eigenvalue weighted by Gasteiger charge is 2.75. The molecule has 3 saturated heterocycles. The summed E-state index contributed by atoms with van der Waals surface area (Å²) in [7, 11) is 0. The number of nitrogens with one attached hydrogen (secondary N) is 2. The SMILES string of the molecule is CCCCNC(=O)C1N([C@H](C)CO)C(=O)[C@@H]2[C@@H](C(=O)NCc3ccccc3)[C@@H]3SC12CC3Br. The van der Waals surface area contributed by atoms with Gasteiger partial charge in [0, 0.05) is 23.2 Å². The molecule has 0 saturated carbocycles. The number of thioether (sulfide) groups is 1. The lowest BCUT2D eigenvalue weighted by atomic mass is 9.70. The van der Waals surface area contributed by atoms with Gasteiger partial charge in [-0.2, -0.15) is 0 Å². The molecule has 3 fully saturated rings. The largest absolute Gasteiger partial charge is 0.394 e. The van der Waals surface area contributed by atoms with E-state index in [4.69, 9.17) is 0 Å². The van der Waals surface area contributed by atoms with Gasteiger partial charge in [-0.15, -0.1) is 11.8 Å². The molecule has 4 rings (SSSR count). The Kier molecular flexibility index (Phi) is 7.41. The van der Waals surface area contributed by atoms with Gasteiger partial charge in [0.15, 0.2) is 0 Å². The van der Waals surface area contributed by atoms with Crippen LogP contribution in [0.4, 0.5) is 0 Å². The van der Waals surface area contributed by atoms with E-state index in [1.54, 1.807) is 23.6 Å². The van der Waals surface area contributed by atoms with Gasteiger partial charge in [0.1, 0.15) is 6.04 Å². The molecule has 7 nitrogen and oxygen atoms in total. The van der Waals surface area contributed by atoms with Gasteiger partial charge < -0.3 is 20.6 Å². The number of hydrogen-bond acceptors (Lipinski definition) is 5. The van der Waals surface area contributed by atoms with E-state index < -0.39 is 28.7 Å². The number of amides is 3. The van der Waals surface area contributed by atoms with E-state index in [2.05, 4.69) is 33.5 Å². The Hall–Kier alpha value is -1.58. The number of rotatable bonds is 9. The normalized spacial score (nSPS) is 33.2. The van der Waals surface area contributed by atoms with Crippen molar-refractivity contribution in [3.05, 3.63) is 35.9 Å². The predicted molar refractivity (Wildman–Crippen MR) is 132 cm³/mol. The van der Waals surface area contributed by atoms with Crippen molar-refractivity contribution in [1.29, 1.82) is 0 Å². The van der Waals surface area contributed by atoms with Gasteiger partial charge in [0.2, 0.25) is 17.7 Å². The summed E-state index contributed by atoms with van der Waals surface area (Å²) in [5.74, 6) is -1.62. The minimum absolute atomic E-state index is 0.0364. The lowest BCUT2D eigenvalue weighted by Gasteiger charge is -2.36. The van der Waals surface area contributed by atoms with E-state index in [0.29, 0.717) is 19.5 Å². The molecule has 0 radical (unpaired) electrons. The molecule has 7 atom stereocenters. The standard InChI is InChI=1S/C24H32BrN3O4S/c1-3-4-10-26-22(31)20-24-11-16(25)19(33-24)17(18(24)23(32)28(20)14(2)13-29)21(30)27-12-15-8-6-5-7-9-15/h5-9,14,16-20,29H,3-4,10-13H2,1-2H3,(H,26,31)(H,27,30)/t14-,16?,17-,18+,19-,20?,24?/m1/s1. The van der Waals surface area contributed by atoms with E-state index in [1.165, 1.54) is 0 Å². The molecule has 3 N–H and O–H groups in total. The molecule has 3 amide bonds. The van der Waals surface area contributed by atoms with Crippen LogP contribution in [0.1, 0.15) is 38.7 Å². The monoisotopic (exact) mass is 537 g/mol. The highest BCUT2D eigenvalue weighted by atomic mass is 79.9. The summed E-state index contributed by atoms with van der Waals surface area (Å²) < 4.78 is -0.676. The number of carbonyl (C=O) groups excluding carboxylic acids is 3. The van der Waals surface area contributed by atoms with Crippen molar-refractivity contribution in [2.24, 2.45) is 11.8 Å². The number of unbranched alkanes of at least 4 members (excludes halogenated alkanes) is 1. The summed E-state index contributed by atoms with van der Waals surface area (Å²) in [6.07, 6.45) is 2.46. The maximum absolute atomic E-state index is 13.7. The summed E-state index contributed by atoms with van der Waals surface area (Å²) in [5.41, 5.74) is 0.994. The van der Waals surface area contributed by atoms with Crippen LogP contribution < -0.4 is 10.6 Å². The van der Waals surface area contributed by atoms with Crippen molar-refractivity contribution in [1.82, 2.24) is 15.5 Å². The molecule has 3 heterocycles. The number of alkyl halides is 1. The number of likely N-dealkylation sites (tertiary alicyclic amines) is 1. The first-order valence-corrected chi connectivity index (χ1v) is 13.5. The summed E-state index contributed by atoms with van der Waals surface area (Å²) >= 11 is 5.37. The predicted octanol–water partition coefficient (Wildman–Crippen LogP) is 2.06. The van der Waals surface area contributed by atoms with E-state index >= 15 is 0 Å². The smallest absolute Gasteiger partial charge is 0.244 e. The summed E-state index contributed by atoms with van der Waals surface area (Å²) in [6, 6.07) is 8.48. The fourth-order valence-electron chi connectivity index (χ4n) is 5.62. The third-order valence-electron chi connectivity index (χ3n) is 7.16. The molecule has 2 bridgehead atoms. The molecule has 3 aliphatic rings. The lowest BCUT2D eigenvalue weighted by molar-refractivity contribution is -0.142. The average Bonchev–Trinajstić information content (AvgIpc) is 3.41. The molecule has 3 aliphatic heterocycles. The Bertz CT molecular complexity index is 903. The molecule has 180 valence electrons. The molecule has 0 aromatic heterocycles. The van der Waals surface area contributed by atoms with Gasteiger partial charge in [0.05, 0.1) is 29.2 Å². The third kappa shape index (κ3) is 4.21. The van der Waals surface area contributed by atoms with Crippen molar-refractivity contribution in [2.45, 2.75) is 66.6 Å². The van der Waals surface area contributed by atoms with Crippen molar-refractivity contribution in [3.63, 3.8) is 0 Å². The molecule has 33 heavy (non-hydrogen) atoms. The number of nitrogens with zero attached hydrogens (tertiary/aromatic N) is 1. The number of benzene rings is 1. The van der Waals surface area contributed by atoms with Gasteiger partial charge in [0.25, 0.3) is 0 Å². The molecule has 3 unspecified atom stereocenters. The van der Waals surface area contributed by atoms with Crippen molar-refractivity contribution >= 4 is 45.4 Å². The number of fused-ring (bicyclic) bond motifs is 1. The Morgan fingerprint density at radius 2 is 2.00 bits per heavy atom. The number of halogens is 1. The Labute approximate surface area is 207 Å². The van der Waals surface area contributed by atoms with Gasteiger partial charge in [-0.05, 0) is 25.3 Å². The van der Waals surface area contributed by atoms with Crippen molar-refractivity contribution < 1.29 is 19.5 Å². The van der Waals surface area contributed by atoms with Crippen LogP contribution in [0, 0.1) is 11.8 Å². The van der Waals surface area contributed by atoms with Crippen LogP contribution in [0.15, 0.2) is 30.3 Å². The highest BCUT2D eigenvalue weighted by molar-refractivity contribution is 9.09. The Morgan fingerprint density at radius 3 is 2.67 bits per heavy atom. The highest BCUT2D eigenvalue weighted by Crippen LogP contribution is 2.67. The zero-order chi connectivity index (χ0) is 23.8. The van der Waals surface area contributed by atoms with Gasteiger partial charge >= 0.3 is 0 Å². The molecule has 1 aromatic rings.